The number of rotatable bonds is 4. The third-order valence-electron chi connectivity index (χ3n) is 8.43. The number of nitrogens with one attached hydrogen (secondary N) is 2. The summed E-state index contributed by atoms with van der Waals surface area (Å²) in [5, 5.41) is 37.5. The average molecular weight is 688 g/mol. The van der Waals surface area contributed by atoms with Crippen LogP contribution in [0.15, 0.2) is 55.1 Å². The van der Waals surface area contributed by atoms with E-state index in [1.54, 1.807) is 0 Å². The molecule has 0 radical (unpaired) electrons. The minimum absolute atomic E-state index is 0.0139. The second-order valence-electron chi connectivity index (χ2n) is 10.7. The molecule has 1 amide bonds. The maximum atomic E-state index is 14.1. The molecular weight excluding hydrogens is 670 g/mol. The van der Waals surface area contributed by atoms with E-state index in [1.807, 2.05) is 0 Å². The molecule has 0 fully saturated rings. The SMILES string of the molecule is COC1=CC(=O)c2c(O)c3c(c(O)c2C1=O)C(=O)[C@]1(CCc2cc4cc(/C=N/NC(=O)c5ccc(Br)o5)[nH]c(=O)c4c(O)c21)C3=O. The Hall–Kier alpha value is -5.83. The van der Waals surface area contributed by atoms with Gasteiger partial charge in [0.1, 0.15) is 22.7 Å². The van der Waals surface area contributed by atoms with E-state index in [0.29, 0.717) is 10.2 Å². The summed E-state index contributed by atoms with van der Waals surface area (Å²) in [6.45, 7) is 0. The number of halogens is 1. The highest BCUT2D eigenvalue weighted by atomic mass is 79.9. The number of aromatic hydroxyl groups is 3. The lowest BCUT2D eigenvalue weighted by Crippen LogP contribution is -2.36. The van der Waals surface area contributed by atoms with Crippen molar-refractivity contribution in [3.05, 3.63) is 96.0 Å². The predicted octanol–water partition coefficient (Wildman–Crippen LogP) is 2.94. The molecule has 2 heterocycles. The quantitative estimate of drug-likeness (QED) is 0.0907. The number of methoxy groups -OCH3 is 1. The van der Waals surface area contributed by atoms with Gasteiger partial charge in [-0.15, -0.1) is 0 Å². The van der Waals surface area contributed by atoms with Gasteiger partial charge in [0.15, 0.2) is 33.5 Å². The summed E-state index contributed by atoms with van der Waals surface area (Å²) in [6, 6.07) is 5.92. The Kier molecular flexibility index (Phi) is 6.18. The summed E-state index contributed by atoms with van der Waals surface area (Å²) >= 11 is 3.09. The third-order valence-corrected chi connectivity index (χ3v) is 8.85. The molecule has 15 heteroatoms. The number of allylic oxidation sites excluding steroid dienone is 2. The van der Waals surface area contributed by atoms with Gasteiger partial charge >= 0.3 is 5.91 Å². The van der Waals surface area contributed by atoms with Gasteiger partial charge in [-0.1, -0.05) is 6.07 Å². The molecule has 230 valence electrons. The monoisotopic (exact) mass is 687 g/mol. The van der Waals surface area contributed by atoms with E-state index in [4.69, 9.17) is 9.15 Å². The van der Waals surface area contributed by atoms with Gasteiger partial charge < -0.3 is 29.5 Å². The van der Waals surface area contributed by atoms with Crippen LogP contribution in [0, 0.1) is 0 Å². The molecule has 0 unspecified atom stereocenters. The lowest BCUT2D eigenvalue weighted by atomic mass is 9.76. The number of hydrazone groups is 1. The Morgan fingerprint density at radius 1 is 1.02 bits per heavy atom. The van der Waals surface area contributed by atoms with E-state index >= 15 is 0 Å². The van der Waals surface area contributed by atoms with E-state index in [9.17, 15) is 44.1 Å². The highest BCUT2D eigenvalue weighted by molar-refractivity contribution is 9.10. The first-order valence-electron chi connectivity index (χ1n) is 13.5. The number of phenols is 3. The molecule has 3 aliphatic carbocycles. The summed E-state index contributed by atoms with van der Waals surface area (Å²) in [5.74, 6) is -7.61. The van der Waals surface area contributed by atoms with Gasteiger partial charge in [0.25, 0.3) is 5.56 Å². The third kappa shape index (κ3) is 3.71. The summed E-state index contributed by atoms with van der Waals surface area (Å²) in [5.41, 5.74) is -3.08. The first-order valence-corrected chi connectivity index (χ1v) is 14.3. The number of fused-ring (bicyclic) bond motifs is 5. The van der Waals surface area contributed by atoms with Crippen molar-refractivity contribution in [2.45, 2.75) is 18.3 Å². The van der Waals surface area contributed by atoms with Crippen LogP contribution in [0.2, 0.25) is 0 Å². The van der Waals surface area contributed by atoms with E-state index in [2.05, 4.69) is 31.4 Å². The Morgan fingerprint density at radius 2 is 1.72 bits per heavy atom. The fraction of sp³-hybridized carbons (Fsp3) is 0.129. The Balaban J connectivity index is 1.32. The van der Waals surface area contributed by atoms with Crippen LogP contribution in [-0.2, 0) is 16.6 Å². The Bertz CT molecular complexity index is 2290. The van der Waals surface area contributed by atoms with Gasteiger partial charge in [-0.2, -0.15) is 5.10 Å². The Morgan fingerprint density at radius 3 is 2.37 bits per heavy atom. The number of ketones is 4. The van der Waals surface area contributed by atoms with Crippen molar-refractivity contribution >= 4 is 62.0 Å². The Labute approximate surface area is 264 Å². The summed E-state index contributed by atoms with van der Waals surface area (Å²) in [6.07, 6.45) is 1.83. The number of ether oxygens (including phenoxy) is 1. The van der Waals surface area contributed by atoms with Crippen molar-refractivity contribution in [1.82, 2.24) is 10.4 Å². The summed E-state index contributed by atoms with van der Waals surface area (Å²) in [7, 11) is 1.12. The number of H-pyrrole nitrogens is 1. The molecule has 2 aromatic carbocycles. The number of furan rings is 1. The first kappa shape index (κ1) is 28.9. The number of aromatic amines is 1. The largest absolute Gasteiger partial charge is 0.507 e. The summed E-state index contributed by atoms with van der Waals surface area (Å²) in [4.78, 5) is 81.8. The number of nitrogens with zero attached hydrogens (tertiary/aromatic N) is 1. The molecule has 3 aliphatic rings. The summed E-state index contributed by atoms with van der Waals surface area (Å²) < 4.78 is 10.4. The van der Waals surface area contributed by atoms with E-state index < -0.39 is 85.3 Å². The minimum atomic E-state index is -2.16. The number of pyridine rings is 1. The van der Waals surface area contributed by atoms with Crippen molar-refractivity contribution in [3.8, 4) is 17.2 Å². The molecule has 14 nitrogen and oxygen atoms in total. The molecule has 0 aliphatic heterocycles. The number of phenolic OH excluding ortho intramolecular Hbond substituents is 3. The minimum Gasteiger partial charge on any atom is -0.507 e. The second-order valence-corrected chi connectivity index (χ2v) is 11.5. The number of hydrogen-bond acceptors (Lipinski definition) is 12. The highest BCUT2D eigenvalue weighted by Crippen LogP contribution is 2.57. The van der Waals surface area contributed by atoms with Crippen molar-refractivity contribution in [2.75, 3.05) is 7.11 Å². The van der Waals surface area contributed by atoms with Gasteiger partial charge in [-0.3, -0.25) is 28.8 Å². The number of hydrogen-bond donors (Lipinski definition) is 5. The van der Waals surface area contributed by atoms with E-state index in [-0.39, 0.29) is 40.6 Å². The van der Waals surface area contributed by atoms with Crippen molar-refractivity contribution in [3.63, 3.8) is 0 Å². The predicted molar refractivity (Wildman–Crippen MR) is 160 cm³/mol. The number of amides is 1. The molecule has 0 saturated heterocycles. The van der Waals surface area contributed by atoms with Crippen LogP contribution in [0.4, 0.5) is 0 Å². The number of carbonyl (C=O) groups excluding carboxylic acids is 5. The maximum absolute atomic E-state index is 14.1. The van der Waals surface area contributed by atoms with Gasteiger partial charge in [-0.05, 0) is 57.9 Å². The molecule has 1 spiro atoms. The normalized spacial score (nSPS) is 18.3. The highest BCUT2D eigenvalue weighted by Gasteiger charge is 2.61. The topological polar surface area (TPSA) is 226 Å². The molecule has 7 rings (SSSR count). The number of benzene rings is 2. The van der Waals surface area contributed by atoms with Crippen molar-refractivity contribution in [1.29, 1.82) is 0 Å². The zero-order valence-electron chi connectivity index (χ0n) is 23.3. The van der Waals surface area contributed by atoms with Crippen LogP contribution in [0.3, 0.4) is 0 Å². The van der Waals surface area contributed by atoms with Gasteiger partial charge in [0, 0.05) is 11.6 Å². The van der Waals surface area contributed by atoms with Crippen LogP contribution < -0.4 is 11.0 Å². The molecule has 1 atom stereocenters. The van der Waals surface area contributed by atoms with Crippen LogP contribution in [0.5, 0.6) is 17.2 Å². The van der Waals surface area contributed by atoms with Crippen LogP contribution >= 0.6 is 15.9 Å². The lowest BCUT2D eigenvalue weighted by molar-refractivity contribution is 0.0790. The molecular formula is C31H18BrN3O11. The smallest absolute Gasteiger partial charge is 0.307 e. The zero-order valence-corrected chi connectivity index (χ0v) is 24.9. The van der Waals surface area contributed by atoms with Crippen LogP contribution in [0.25, 0.3) is 10.8 Å². The van der Waals surface area contributed by atoms with Gasteiger partial charge in [-0.25, -0.2) is 5.43 Å². The molecule has 2 aromatic heterocycles. The standard InChI is InChI=1S/C31H18BrN3O11/c1-45-15-8-13(36)18-19(23(15)37)25(39)21-20(24(18)38)27(41)31(28(21)42)5-4-10-6-11-7-12(34-30(44)17(11)26(40)22(10)31)9-33-35-29(43)14-2-3-16(32)46-14/h2-3,6-9,38-40H,4-5H2,1H3,(H,34,44)(H,35,43)/b33-9+/t31-/m0/s1. The molecule has 4 aromatic rings. The number of aryl methyl sites for hydroxylation is 1. The number of carbonyl (C=O) groups is 5. The van der Waals surface area contributed by atoms with Crippen molar-refractivity contribution < 1.29 is 48.4 Å². The molecule has 0 saturated carbocycles. The van der Waals surface area contributed by atoms with E-state index in [1.165, 1.54) is 24.3 Å². The first-order chi connectivity index (χ1) is 21.9. The molecule has 46 heavy (non-hydrogen) atoms. The van der Waals surface area contributed by atoms with Gasteiger partial charge in [0.05, 0.1) is 46.7 Å². The number of aromatic nitrogens is 1. The maximum Gasteiger partial charge on any atom is 0.307 e. The molecule has 0 bridgehead atoms. The van der Waals surface area contributed by atoms with Gasteiger partial charge in [0.2, 0.25) is 5.78 Å². The lowest BCUT2D eigenvalue weighted by Gasteiger charge is -2.22. The number of Topliss-reactive ketones (excluding diaryl/α,β-unsaturated/α-hetero) is 3. The molecule has 5 N–H and O–H groups in total. The van der Waals surface area contributed by atoms with Crippen LogP contribution in [-0.4, -0.2) is 62.7 Å². The fourth-order valence-corrected chi connectivity index (χ4v) is 6.79. The zero-order chi connectivity index (χ0) is 32.8. The van der Waals surface area contributed by atoms with E-state index in [0.717, 1.165) is 19.4 Å². The van der Waals surface area contributed by atoms with Crippen LogP contribution in [0.1, 0.15) is 75.2 Å². The average Bonchev–Trinajstić information content (AvgIpc) is 3.68. The van der Waals surface area contributed by atoms with Crippen molar-refractivity contribution in [2.24, 2.45) is 5.10 Å². The second kappa shape index (κ2) is 9.84. The fourth-order valence-electron chi connectivity index (χ4n) is 6.48.